The molecule has 1 atom stereocenters. The van der Waals surface area contributed by atoms with Crippen LogP contribution in [-0.2, 0) is 6.54 Å². The van der Waals surface area contributed by atoms with Crippen LogP contribution in [0.1, 0.15) is 12.0 Å². The molecular formula is C19H21N5O. The Morgan fingerprint density at radius 2 is 2.12 bits per heavy atom. The summed E-state index contributed by atoms with van der Waals surface area (Å²) < 4.78 is 5.15. The maximum absolute atomic E-state index is 5.15. The summed E-state index contributed by atoms with van der Waals surface area (Å²) in [5.74, 6) is 1.39. The Morgan fingerprint density at radius 3 is 3.04 bits per heavy atom. The molecule has 3 heterocycles. The first kappa shape index (κ1) is 15.8. The van der Waals surface area contributed by atoms with Crippen molar-refractivity contribution in [2.24, 2.45) is 0 Å². The van der Waals surface area contributed by atoms with Crippen LogP contribution < -0.4 is 10.1 Å². The SMILES string of the molecule is COc1cc(NC2CCN(Cc3ccnc4ccccc34)C2)ncn1. The van der Waals surface area contributed by atoms with Gasteiger partial charge in [0, 0.05) is 43.3 Å². The lowest BCUT2D eigenvalue weighted by Crippen LogP contribution is -2.26. The molecule has 2 aromatic heterocycles. The van der Waals surface area contributed by atoms with E-state index in [2.05, 4.69) is 49.4 Å². The van der Waals surface area contributed by atoms with Crippen LogP contribution in [-0.4, -0.2) is 46.1 Å². The van der Waals surface area contributed by atoms with Crippen molar-refractivity contribution in [1.82, 2.24) is 19.9 Å². The van der Waals surface area contributed by atoms with Crippen molar-refractivity contribution in [3.8, 4) is 5.88 Å². The summed E-state index contributed by atoms with van der Waals surface area (Å²) >= 11 is 0. The first-order valence-corrected chi connectivity index (χ1v) is 8.49. The predicted molar refractivity (Wildman–Crippen MR) is 97.6 cm³/mol. The van der Waals surface area contributed by atoms with E-state index in [0.29, 0.717) is 11.9 Å². The summed E-state index contributed by atoms with van der Waals surface area (Å²) in [5, 5.41) is 4.72. The van der Waals surface area contributed by atoms with Gasteiger partial charge >= 0.3 is 0 Å². The molecule has 4 rings (SSSR count). The molecule has 25 heavy (non-hydrogen) atoms. The normalized spacial score (nSPS) is 17.7. The summed E-state index contributed by atoms with van der Waals surface area (Å²) in [7, 11) is 1.61. The molecule has 1 unspecified atom stereocenters. The van der Waals surface area contributed by atoms with Gasteiger partial charge in [-0.25, -0.2) is 9.97 Å². The van der Waals surface area contributed by atoms with Gasteiger partial charge in [-0.05, 0) is 24.1 Å². The van der Waals surface area contributed by atoms with Crippen LogP contribution in [0.5, 0.6) is 5.88 Å². The molecule has 0 amide bonds. The molecule has 6 nitrogen and oxygen atoms in total. The van der Waals surface area contributed by atoms with Crippen LogP contribution in [0.25, 0.3) is 10.9 Å². The highest BCUT2D eigenvalue weighted by atomic mass is 16.5. The van der Waals surface area contributed by atoms with E-state index in [0.717, 1.165) is 37.4 Å². The molecule has 1 aliphatic heterocycles. The Balaban J connectivity index is 1.42. The van der Waals surface area contributed by atoms with Crippen LogP contribution in [0.3, 0.4) is 0 Å². The second kappa shape index (κ2) is 7.03. The van der Waals surface area contributed by atoms with E-state index < -0.39 is 0 Å². The van der Waals surface area contributed by atoms with E-state index in [1.165, 1.54) is 17.3 Å². The van der Waals surface area contributed by atoms with E-state index in [9.17, 15) is 0 Å². The quantitative estimate of drug-likeness (QED) is 0.773. The van der Waals surface area contributed by atoms with Gasteiger partial charge in [-0.1, -0.05) is 18.2 Å². The number of hydrogen-bond acceptors (Lipinski definition) is 6. The average molecular weight is 335 g/mol. The fourth-order valence-electron chi connectivity index (χ4n) is 3.37. The largest absolute Gasteiger partial charge is 0.481 e. The third kappa shape index (κ3) is 3.53. The van der Waals surface area contributed by atoms with Gasteiger partial charge in [0.1, 0.15) is 12.1 Å². The summed E-state index contributed by atoms with van der Waals surface area (Å²) in [4.78, 5) is 15.2. The summed E-state index contributed by atoms with van der Waals surface area (Å²) in [6.07, 6.45) is 4.52. The number of hydrogen-bond donors (Lipinski definition) is 1. The molecule has 0 aliphatic carbocycles. The topological polar surface area (TPSA) is 63.2 Å². The summed E-state index contributed by atoms with van der Waals surface area (Å²) in [6, 6.07) is 12.7. The van der Waals surface area contributed by atoms with Crippen LogP contribution in [0.2, 0.25) is 0 Å². The third-order valence-corrected chi connectivity index (χ3v) is 4.61. The number of benzene rings is 1. The Morgan fingerprint density at radius 1 is 1.20 bits per heavy atom. The molecule has 1 fully saturated rings. The zero-order valence-electron chi connectivity index (χ0n) is 14.2. The van der Waals surface area contributed by atoms with Crippen molar-refractivity contribution >= 4 is 16.7 Å². The first-order chi connectivity index (χ1) is 12.3. The number of anilines is 1. The molecule has 1 saturated heterocycles. The number of rotatable bonds is 5. The van der Waals surface area contributed by atoms with Crippen molar-refractivity contribution < 1.29 is 4.74 Å². The Labute approximate surface area is 146 Å². The Kier molecular flexibility index (Phi) is 4.43. The Hall–Kier alpha value is -2.73. The van der Waals surface area contributed by atoms with E-state index in [1.807, 2.05) is 18.3 Å². The van der Waals surface area contributed by atoms with Crippen molar-refractivity contribution in [1.29, 1.82) is 0 Å². The van der Waals surface area contributed by atoms with Crippen LogP contribution in [0.4, 0.5) is 5.82 Å². The maximum Gasteiger partial charge on any atom is 0.218 e. The molecule has 0 saturated carbocycles. The van der Waals surface area contributed by atoms with E-state index in [-0.39, 0.29) is 0 Å². The number of methoxy groups -OCH3 is 1. The molecule has 0 radical (unpaired) electrons. The molecule has 1 aliphatic rings. The third-order valence-electron chi connectivity index (χ3n) is 4.61. The number of aromatic nitrogens is 3. The number of likely N-dealkylation sites (tertiary alicyclic amines) is 1. The van der Waals surface area contributed by atoms with Gasteiger partial charge in [-0.2, -0.15) is 0 Å². The summed E-state index contributed by atoms with van der Waals surface area (Å²) in [6.45, 7) is 2.99. The fourth-order valence-corrected chi connectivity index (χ4v) is 3.37. The number of nitrogens with one attached hydrogen (secondary N) is 1. The smallest absolute Gasteiger partial charge is 0.218 e. The fraction of sp³-hybridized carbons (Fsp3) is 0.316. The highest BCUT2D eigenvalue weighted by Gasteiger charge is 2.23. The zero-order chi connectivity index (χ0) is 17.1. The highest BCUT2D eigenvalue weighted by Crippen LogP contribution is 2.22. The monoisotopic (exact) mass is 335 g/mol. The minimum absolute atomic E-state index is 0.382. The van der Waals surface area contributed by atoms with Gasteiger partial charge in [0.25, 0.3) is 0 Å². The van der Waals surface area contributed by atoms with Gasteiger partial charge in [0.2, 0.25) is 5.88 Å². The molecule has 0 spiro atoms. The van der Waals surface area contributed by atoms with Gasteiger partial charge in [-0.3, -0.25) is 9.88 Å². The van der Waals surface area contributed by atoms with Crippen LogP contribution in [0.15, 0.2) is 48.9 Å². The lowest BCUT2D eigenvalue weighted by atomic mass is 10.1. The lowest BCUT2D eigenvalue weighted by molar-refractivity contribution is 0.330. The van der Waals surface area contributed by atoms with E-state index in [1.54, 1.807) is 7.11 Å². The second-order valence-corrected chi connectivity index (χ2v) is 6.30. The van der Waals surface area contributed by atoms with Crippen molar-refractivity contribution in [2.45, 2.75) is 19.0 Å². The van der Waals surface area contributed by atoms with Crippen LogP contribution >= 0.6 is 0 Å². The van der Waals surface area contributed by atoms with Crippen molar-refractivity contribution in [2.75, 3.05) is 25.5 Å². The van der Waals surface area contributed by atoms with Gasteiger partial charge in [-0.15, -0.1) is 0 Å². The zero-order valence-corrected chi connectivity index (χ0v) is 14.2. The highest BCUT2D eigenvalue weighted by molar-refractivity contribution is 5.81. The second-order valence-electron chi connectivity index (χ2n) is 6.30. The number of fused-ring (bicyclic) bond motifs is 1. The number of nitrogens with zero attached hydrogens (tertiary/aromatic N) is 4. The Bertz CT molecular complexity index is 864. The molecule has 1 aromatic carbocycles. The molecule has 128 valence electrons. The molecule has 0 bridgehead atoms. The lowest BCUT2D eigenvalue weighted by Gasteiger charge is -2.18. The van der Waals surface area contributed by atoms with Crippen molar-refractivity contribution in [3.05, 3.63) is 54.5 Å². The van der Waals surface area contributed by atoms with Gasteiger partial charge in [0.15, 0.2) is 0 Å². The molecule has 3 aromatic rings. The number of ether oxygens (including phenoxy) is 1. The van der Waals surface area contributed by atoms with Gasteiger partial charge in [0.05, 0.1) is 12.6 Å². The molecule has 1 N–H and O–H groups in total. The molecule has 6 heteroatoms. The molecular weight excluding hydrogens is 314 g/mol. The number of para-hydroxylation sites is 1. The number of pyridine rings is 1. The predicted octanol–water partition coefficient (Wildman–Crippen LogP) is 2.72. The first-order valence-electron chi connectivity index (χ1n) is 8.49. The minimum atomic E-state index is 0.382. The van der Waals surface area contributed by atoms with Crippen LogP contribution in [0, 0.1) is 0 Å². The van der Waals surface area contributed by atoms with Gasteiger partial charge < -0.3 is 10.1 Å². The van der Waals surface area contributed by atoms with Crippen molar-refractivity contribution in [3.63, 3.8) is 0 Å². The summed E-state index contributed by atoms with van der Waals surface area (Å²) in [5.41, 5.74) is 2.39. The van der Waals surface area contributed by atoms with E-state index in [4.69, 9.17) is 4.74 Å². The van der Waals surface area contributed by atoms with E-state index >= 15 is 0 Å². The standard InChI is InChI=1S/C19H21N5O/c1-25-19-10-18(21-13-22-19)23-15-7-9-24(12-15)11-14-6-8-20-17-5-3-2-4-16(14)17/h2-6,8,10,13,15H,7,9,11-12H2,1H3,(H,21,22,23). The maximum atomic E-state index is 5.15. The average Bonchev–Trinajstić information content (AvgIpc) is 3.09. The minimum Gasteiger partial charge on any atom is -0.481 e.